The van der Waals surface area contributed by atoms with Gasteiger partial charge < -0.3 is 10.4 Å². The molecule has 94 valence electrons. The van der Waals surface area contributed by atoms with Gasteiger partial charge in [-0.05, 0) is 32.0 Å². The van der Waals surface area contributed by atoms with E-state index in [9.17, 15) is 4.79 Å². The highest BCUT2D eigenvalue weighted by molar-refractivity contribution is 7.12. The minimum Gasteiger partial charge on any atom is -0.477 e. The van der Waals surface area contributed by atoms with E-state index in [2.05, 4.69) is 15.3 Å². The van der Waals surface area contributed by atoms with Crippen molar-refractivity contribution in [2.24, 2.45) is 0 Å². The summed E-state index contributed by atoms with van der Waals surface area (Å²) in [4.78, 5) is 21.1. The van der Waals surface area contributed by atoms with Crippen molar-refractivity contribution in [1.82, 2.24) is 9.97 Å². The average Bonchev–Trinajstić information content (AvgIpc) is 2.76. The fourth-order valence-electron chi connectivity index (χ4n) is 1.50. The topological polar surface area (TPSA) is 75.1 Å². The smallest absolute Gasteiger partial charge is 0.354 e. The summed E-state index contributed by atoms with van der Waals surface area (Å²) in [6, 6.07) is 5.51. The predicted octanol–water partition coefficient (Wildman–Crippen LogP) is 2.72. The van der Waals surface area contributed by atoms with Gasteiger partial charge in [-0.1, -0.05) is 0 Å². The highest BCUT2D eigenvalue weighted by Crippen LogP contribution is 2.24. The van der Waals surface area contributed by atoms with Crippen LogP contribution in [0.2, 0.25) is 0 Å². The third-order valence-corrected chi connectivity index (χ3v) is 3.59. The van der Waals surface area contributed by atoms with Crippen LogP contribution in [0.5, 0.6) is 0 Å². The van der Waals surface area contributed by atoms with Gasteiger partial charge in [0.1, 0.15) is 0 Å². The number of rotatable bonds is 4. The van der Waals surface area contributed by atoms with Crippen LogP contribution in [0.25, 0.3) is 0 Å². The molecule has 2 N–H and O–H groups in total. The van der Waals surface area contributed by atoms with Crippen LogP contribution in [0.3, 0.4) is 0 Å². The maximum Gasteiger partial charge on any atom is 0.354 e. The Kier molecular flexibility index (Phi) is 3.57. The summed E-state index contributed by atoms with van der Waals surface area (Å²) in [6.07, 6.45) is 1.44. The molecule has 1 atom stereocenters. The molecule has 0 fully saturated rings. The van der Waals surface area contributed by atoms with Crippen LogP contribution in [0.4, 0.5) is 5.95 Å². The van der Waals surface area contributed by atoms with Crippen molar-refractivity contribution in [2.75, 3.05) is 5.32 Å². The molecule has 2 heterocycles. The first-order valence-electron chi connectivity index (χ1n) is 5.45. The number of hydrogen-bond donors (Lipinski definition) is 2. The van der Waals surface area contributed by atoms with Crippen molar-refractivity contribution in [3.63, 3.8) is 0 Å². The number of nitrogens with one attached hydrogen (secondary N) is 1. The van der Waals surface area contributed by atoms with Crippen molar-refractivity contribution >= 4 is 23.3 Å². The fraction of sp³-hybridized carbons (Fsp3) is 0.250. The molecule has 0 saturated heterocycles. The maximum absolute atomic E-state index is 10.8. The van der Waals surface area contributed by atoms with Crippen molar-refractivity contribution in [3.8, 4) is 0 Å². The number of carbonyl (C=O) groups is 1. The van der Waals surface area contributed by atoms with E-state index in [-0.39, 0.29) is 11.7 Å². The second kappa shape index (κ2) is 5.14. The van der Waals surface area contributed by atoms with Gasteiger partial charge in [0.25, 0.3) is 0 Å². The van der Waals surface area contributed by atoms with Crippen LogP contribution in [-0.4, -0.2) is 21.0 Å². The molecule has 0 aliphatic carbocycles. The third kappa shape index (κ3) is 2.84. The van der Waals surface area contributed by atoms with Crippen LogP contribution in [0.15, 0.2) is 24.4 Å². The lowest BCUT2D eigenvalue weighted by Gasteiger charge is -2.11. The highest BCUT2D eigenvalue weighted by atomic mass is 32.1. The first-order valence-corrected chi connectivity index (χ1v) is 6.27. The van der Waals surface area contributed by atoms with Crippen LogP contribution < -0.4 is 5.32 Å². The average molecular weight is 263 g/mol. The molecule has 0 spiro atoms. The van der Waals surface area contributed by atoms with Gasteiger partial charge in [0.2, 0.25) is 5.95 Å². The number of aryl methyl sites for hydroxylation is 1. The third-order valence-electron chi connectivity index (χ3n) is 2.41. The van der Waals surface area contributed by atoms with Crippen LogP contribution >= 0.6 is 11.3 Å². The Hall–Kier alpha value is -1.95. The Morgan fingerprint density at radius 1 is 1.44 bits per heavy atom. The summed E-state index contributed by atoms with van der Waals surface area (Å²) in [5.41, 5.74) is -0.0120. The molecule has 0 aromatic carbocycles. The highest BCUT2D eigenvalue weighted by Gasteiger charge is 2.11. The number of hydrogen-bond acceptors (Lipinski definition) is 5. The molecule has 18 heavy (non-hydrogen) atoms. The zero-order valence-electron chi connectivity index (χ0n) is 10.0. The van der Waals surface area contributed by atoms with Crippen LogP contribution in [-0.2, 0) is 0 Å². The summed E-state index contributed by atoms with van der Waals surface area (Å²) in [6.45, 7) is 4.03. The summed E-state index contributed by atoms with van der Waals surface area (Å²) in [5.74, 6) is -0.728. The van der Waals surface area contributed by atoms with E-state index in [1.165, 1.54) is 17.1 Å². The number of nitrogens with zero attached hydrogens (tertiary/aromatic N) is 2. The Labute approximate surface area is 109 Å². The van der Waals surface area contributed by atoms with Gasteiger partial charge in [-0.3, -0.25) is 0 Å². The minimum atomic E-state index is -1.06. The van der Waals surface area contributed by atoms with Crippen LogP contribution in [0.1, 0.15) is 33.2 Å². The molecule has 0 bridgehead atoms. The Bertz CT molecular complexity index is 568. The van der Waals surface area contributed by atoms with Gasteiger partial charge in [-0.15, -0.1) is 11.3 Å². The number of thiophene rings is 1. The van der Waals surface area contributed by atoms with Gasteiger partial charge >= 0.3 is 5.97 Å². The van der Waals surface area contributed by atoms with Gasteiger partial charge in [-0.2, -0.15) is 0 Å². The van der Waals surface area contributed by atoms with E-state index in [4.69, 9.17) is 5.11 Å². The van der Waals surface area contributed by atoms with E-state index >= 15 is 0 Å². The Morgan fingerprint density at radius 3 is 2.83 bits per heavy atom. The SMILES string of the molecule is Cc1ccc(C(C)Nc2nccc(C(=O)O)n2)s1. The lowest BCUT2D eigenvalue weighted by Crippen LogP contribution is -2.10. The lowest BCUT2D eigenvalue weighted by molar-refractivity contribution is 0.0690. The first-order chi connectivity index (χ1) is 8.56. The number of aromatic carboxylic acids is 1. The molecule has 0 aliphatic rings. The molecule has 0 saturated carbocycles. The molecule has 2 aromatic heterocycles. The largest absolute Gasteiger partial charge is 0.477 e. The molecule has 0 radical (unpaired) electrons. The first kappa shape index (κ1) is 12.5. The van der Waals surface area contributed by atoms with E-state index in [1.54, 1.807) is 11.3 Å². The molecule has 1 unspecified atom stereocenters. The van der Waals surface area contributed by atoms with E-state index < -0.39 is 5.97 Å². The molecule has 2 rings (SSSR count). The summed E-state index contributed by atoms with van der Waals surface area (Å²) in [7, 11) is 0. The van der Waals surface area contributed by atoms with Gasteiger partial charge in [0, 0.05) is 16.0 Å². The minimum absolute atomic E-state index is 0.0120. The van der Waals surface area contributed by atoms with Crippen molar-refractivity contribution in [3.05, 3.63) is 39.8 Å². The molecule has 0 aliphatic heterocycles. The Morgan fingerprint density at radius 2 is 2.22 bits per heavy atom. The Balaban J connectivity index is 2.14. The van der Waals surface area contributed by atoms with Gasteiger partial charge in [0.15, 0.2) is 5.69 Å². The predicted molar refractivity (Wildman–Crippen MR) is 70.1 cm³/mol. The maximum atomic E-state index is 10.8. The number of aromatic nitrogens is 2. The quantitative estimate of drug-likeness (QED) is 0.887. The normalized spacial score (nSPS) is 12.1. The standard InChI is InChI=1S/C12H13N3O2S/c1-7-3-4-10(18-7)8(2)14-12-13-6-5-9(15-12)11(16)17/h3-6,8H,1-2H3,(H,16,17)(H,13,14,15). The summed E-state index contributed by atoms with van der Waals surface area (Å²) < 4.78 is 0. The van der Waals surface area contributed by atoms with E-state index in [0.717, 1.165) is 4.88 Å². The molecular weight excluding hydrogens is 250 g/mol. The fourth-order valence-corrected chi connectivity index (χ4v) is 2.38. The number of anilines is 1. The molecule has 2 aromatic rings. The monoisotopic (exact) mass is 263 g/mol. The lowest BCUT2D eigenvalue weighted by atomic mass is 10.3. The van der Waals surface area contributed by atoms with Crippen molar-refractivity contribution in [1.29, 1.82) is 0 Å². The zero-order chi connectivity index (χ0) is 13.1. The van der Waals surface area contributed by atoms with E-state index in [0.29, 0.717) is 5.95 Å². The molecular formula is C12H13N3O2S. The van der Waals surface area contributed by atoms with Crippen molar-refractivity contribution in [2.45, 2.75) is 19.9 Å². The van der Waals surface area contributed by atoms with E-state index in [1.807, 2.05) is 26.0 Å². The molecule has 5 nitrogen and oxygen atoms in total. The second-order valence-corrected chi connectivity index (χ2v) is 5.20. The van der Waals surface area contributed by atoms with Gasteiger partial charge in [-0.25, -0.2) is 14.8 Å². The van der Waals surface area contributed by atoms with Gasteiger partial charge in [0.05, 0.1) is 6.04 Å². The van der Waals surface area contributed by atoms with Crippen LogP contribution in [0, 0.1) is 6.92 Å². The van der Waals surface area contributed by atoms with Crippen molar-refractivity contribution < 1.29 is 9.90 Å². The number of carboxylic acid groups (broad SMARTS) is 1. The molecule has 0 amide bonds. The second-order valence-electron chi connectivity index (χ2n) is 3.89. The number of carboxylic acids is 1. The summed E-state index contributed by atoms with van der Waals surface area (Å²) in [5, 5.41) is 11.9. The molecule has 6 heteroatoms. The summed E-state index contributed by atoms with van der Waals surface area (Å²) >= 11 is 1.69. The zero-order valence-corrected chi connectivity index (χ0v) is 10.9.